The molecule has 6 rings (SSSR count). The Kier molecular flexibility index (Phi) is 7.35. The molecule has 0 saturated carbocycles. The van der Waals surface area contributed by atoms with Crippen molar-refractivity contribution >= 4 is 55.5 Å². The second-order valence-corrected chi connectivity index (χ2v) is 28.2. The molecule has 0 spiro atoms. The van der Waals surface area contributed by atoms with Gasteiger partial charge in [-0.25, -0.2) is 0 Å². The summed E-state index contributed by atoms with van der Waals surface area (Å²) < 4.78 is 15.9. The SMILES string of the molecule is C1CN1[PH+](N1CC1)N1CC1.C1CN1[PH+](N1CC1)N1CC1.[I][Pt][I]. The maximum atomic E-state index is 2.64. The standard InChI is InChI=1S/2C6H12N3P.2HI.Pt/c2*1-2-7(1)10(8-3-4-8)9-5-6-9;;;/h2*1-6H2;2*1H;/q;;;;+2. The van der Waals surface area contributed by atoms with Crippen LogP contribution in [0.1, 0.15) is 0 Å². The molecule has 6 nitrogen and oxygen atoms in total. The second-order valence-electron chi connectivity index (χ2n) is 6.57. The van der Waals surface area contributed by atoms with Crippen molar-refractivity contribution in [3.05, 3.63) is 0 Å². The van der Waals surface area contributed by atoms with Crippen LogP contribution in [0.5, 0.6) is 0 Å². The zero-order valence-corrected chi connectivity index (χ0v) is 21.8. The van der Waals surface area contributed by atoms with Crippen molar-refractivity contribution in [2.45, 2.75) is 0 Å². The van der Waals surface area contributed by atoms with Crippen LogP contribution in [0.4, 0.5) is 0 Å². The van der Waals surface area contributed by atoms with Gasteiger partial charge < -0.3 is 0 Å². The third kappa shape index (κ3) is 6.41. The minimum atomic E-state index is -0.262. The summed E-state index contributed by atoms with van der Waals surface area (Å²) in [6, 6.07) is 0. The fourth-order valence-corrected chi connectivity index (χ4v) is 8.10. The molecule has 11 heteroatoms. The number of hydrogen-bond acceptors (Lipinski definition) is 6. The summed E-state index contributed by atoms with van der Waals surface area (Å²) in [5.74, 6) is 0. The van der Waals surface area contributed by atoms with E-state index in [9.17, 15) is 0 Å². The summed E-state index contributed by atoms with van der Waals surface area (Å²) >= 11 is 5.30. The number of nitrogens with zero attached hydrogens (tertiary/aromatic N) is 6. The van der Waals surface area contributed by atoms with Crippen molar-refractivity contribution < 1.29 is 11.2 Å². The Hall–Kier alpha value is 2.77. The Morgan fingerprint density at radius 3 is 0.652 bits per heavy atom. The molecule has 6 aliphatic rings. The van der Waals surface area contributed by atoms with Crippen molar-refractivity contribution in [2.24, 2.45) is 0 Å². The minimum absolute atomic E-state index is 0.262. The van der Waals surface area contributed by atoms with E-state index in [-0.39, 0.29) is 16.7 Å². The first-order chi connectivity index (χ1) is 11.3. The Bertz CT molecular complexity index is 310. The van der Waals surface area contributed by atoms with Crippen molar-refractivity contribution in [1.29, 1.82) is 0 Å². The van der Waals surface area contributed by atoms with E-state index in [0.717, 1.165) is 0 Å². The van der Waals surface area contributed by atoms with Crippen LogP contribution in [-0.2, 0) is 11.2 Å². The Morgan fingerprint density at radius 2 is 0.565 bits per heavy atom. The van der Waals surface area contributed by atoms with E-state index < -0.39 is 0 Å². The van der Waals surface area contributed by atoms with Gasteiger partial charge in [0.25, 0.3) is 0 Å². The third-order valence-electron chi connectivity index (χ3n) is 4.38. The maximum absolute atomic E-state index is 2.64. The van der Waals surface area contributed by atoms with E-state index in [1.165, 1.54) is 78.5 Å². The summed E-state index contributed by atoms with van der Waals surface area (Å²) in [5, 5.41) is 0. The van der Waals surface area contributed by atoms with Gasteiger partial charge in [0.05, 0.1) is 78.5 Å². The molecule has 0 aromatic heterocycles. The van der Waals surface area contributed by atoms with Crippen LogP contribution in [0.15, 0.2) is 0 Å². The van der Waals surface area contributed by atoms with Crippen LogP contribution in [0, 0.1) is 0 Å². The molecule has 0 N–H and O–H groups in total. The number of hydrogen-bond donors (Lipinski definition) is 0. The van der Waals surface area contributed by atoms with E-state index in [1.807, 2.05) is 0 Å². The van der Waals surface area contributed by atoms with Gasteiger partial charge in [-0.3, -0.25) is 0 Å². The van der Waals surface area contributed by atoms with Crippen LogP contribution >= 0.6 is 55.5 Å². The monoisotopic (exact) mass is 765 g/mol. The van der Waals surface area contributed by atoms with Crippen LogP contribution in [0.2, 0.25) is 0 Å². The first-order valence-electron chi connectivity index (χ1n) is 8.38. The van der Waals surface area contributed by atoms with Gasteiger partial charge in [0.1, 0.15) is 0 Å². The molecule has 136 valence electrons. The molecule has 0 radical (unpaired) electrons. The van der Waals surface area contributed by atoms with Crippen LogP contribution in [0.3, 0.4) is 0 Å². The molecule has 0 bridgehead atoms. The van der Waals surface area contributed by atoms with Crippen LogP contribution in [-0.4, -0.2) is 107 Å². The zero-order chi connectivity index (χ0) is 15.8. The first-order valence-corrected chi connectivity index (χ1v) is 23.9. The van der Waals surface area contributed by atoms with Gasteiger partial charge in [-0.1, -0.05) is 0 Å². The van der Waals surface area contributed by atoms with Gasteiger partial charge >= 0.3 is 49.9 Å². The van der Waals surface area contributed by atoms with Crippen LogP contribution in [0.25, 0.3) is 0 Å². The van der Waals surface area contributed by atoms with Gasteiger partial charge in [-0.15, -0.1) is 28.0 Å². The van der Waals surface area contributed by atoms with E-state index in [0.29, 0.717) is 11.2 Å². The van der Waals surface area contributed by atoms with Crippen molar-refractivity contribution in [3.63, 3.8) is 0 Å². The predicted octanol–water partition coefficient (Wildman–Crippen LogP) is 1.55. The molecule has 6 heterocycles. The summed E-state index contributed by atoms with van der Waals surface area (Å²) in [6.07, 6.45) is 0. The molecule has 23 heavy (non-hydrogen) atoms. The zero-order valence-electron chi connectivity index (χ0n) is 13.2. The Labute approximate surface area is 171 Å². The van der Waals surface area contributed by atoms with Gasteiger partial charge in [-0.2, -0.15) is 0 Å². The molecule has 0 amide bonds. The molecule has 6 aliphatic heterocycles. The molecule has 0 aromatic rings. The molecular weight excluding hydrogens is 739 g/mol. The Balaban J connectivity index is 0.000000101. The molecule has 0 aliphatic carbocycles. The van der Waals surface area contributed by atoms with Gasteiger partial charge in [0.2, 0.25) is 16.7 Å². The molecule has 6 saturated heterocycles. The van der Waals surface area contributed by atoms with Gasteiger partial charge in [0.15, 0.2) is 0 Å². The average molecular weight is 765 g/mol. The quantitative estimate of drug-likeness (QED) is 0.231. The molecule has 0 aromatic carbocycles. The molecule has 0 atom stereocenters. The first kappa shape index (κ1) is 19.1. The number of rotatable bonds is 6. The summed E-state index contributed by atoms with van der Waals surface area (Å²) in [7, 11) is -0.525. The van der Waals surface area contributed by atoms with Gasteiger partial charge in [-0.05, 0) is 0 Å². The second kappa shape index (κ2) is 8.85. The van der Waals surface area contributed by atoms with E-state index in [1.54, 1.807) is 0 Å². The fourth-order valence-electron chi connectivity index (χ4n) is 2.70. The molecular formula is C12H26I2N6P2Pt+2. The Morgan fingerprint density at radius 1 is 0.435 bits per heavy atom. The summed E-state index contributed by atoms with van der Waals surface area (Å²) in [4.78, 5) is 0. The van der Waals surface area contributed by atoms with E-state index in [2.05, 4.69) is 66.7 Å². The van der Waals surface area contributed by atoms with Crippen molar-refractivity contribution in [3.8, 4) is 0 Å². The molecule has 0 unspecified atom stereocenters. The fraction of sp³-hybridized carbons (Fsp3) is 1.00. The third-order valence-corrected chi connectivity index (χ3v) is 10.5. The summed E-state index contributed by atoms with van der Waals surface area (Å²) in [6.45, 7) is 16.5. The average Bonchev–Trinajstić information content (AvgIpc) is 3.38. The van der Waals surface area contributed by atoms with Gasteiger partial charge in [0, 0.05) is 0 Å². The predicted molar refractivity (Wildman–Crippen MR) is 114 cm³/mol. The van der Waals surface area contributed by atoms with Crippen molar-refractivity contribution in [1.82, 2.24) is 28.0 Å². The van der Waals surface area contributed by atoms with Crippen LogP contribution < -0.4 is 0 Å². The normalized spacial score (nSPS) is 29.9. The topological polar surface area (TPSA) is 18.1 Å². The van der Waals surface area contributed by atoms with E-state index in [4.69, 9.17) is 0 Å². The number of halogens is 2. The summed E-state index contributed by atoms with van der Waals surface area (Å²) in [5.41, 5.74) is 0. The van der Waals surface area contributed by atoms with E-state index >= 15 is 0 Å². The molecule has 6 fully saturated rings. The van der Waals surface area contributed by atoms with Crippen molar-refractivity contribution in [2.75, 3.05) is 78.5 Å².